The quantitative estimate of drug-likeness (QED) is 0.451. The van der Waals surface area contributed by atoms with Gasteiger partial charge >= 0.3 is 5.97 Å². The van der Waals surface area contributed by atoms with Gasteiger partial charge in [-0.2, -0.15) is 5.10 Å². The highest BCUT2D eigenvalue weighted by molar-refractivity contribution is 6.33. The van der Waals surface area contributed by atoms with Crippen LogP contribution in [0.15, 0.2) is 30.5 Å². The first-order chi connectivity index (χ1) is 15.3. The van der Waals surface area contributed by atoms with E-state index in [4.69, 9.17) is 16.3 Å². The Hall–Kier alpha value is -3.46. The molecule has 4 heterocycles. The van der Waals surface area contributed by atoms with Crippen molar-refractivity contribution in [2.75, 3.05) is 19.7 Å². The minimum atomic E-state index is -0.823. The van der Waals surface area contributed by atoms with Crippen molar-refractivity contribution in [3.05, 3.63) is 63.8 Å². The maximum absolute atomic E-state index is 12.5. The SMILES string of the molecule is Cc1cc(C)n(-c2ccc(Cl)c(C(=O)OCC(=O)c3c[nH]c(C(=O)N4CCCC4)c3)n2)n1. The van der Waals surface area contributed by atoms with E-state index >= 15 is 0 Å². The molecule has 10 heteroatoms. The van der Waals surface area contributed by atoms with E-state index in [9.17, 15) is 14.4 Å². The number of ketones is 1. The molecule has 1 aliphatic rings. The third kappa shape index (κ3) is 4.43. The number of pyridine rings is 1. The summed E-state index contributed by atoms with van der Waals surface area (Å²) in [5.41, 5.74) is 2.14. The Kier molecular flexibility index (Phi) is 6.09. The molecule has 32 heavy (non-hydrogen) atoms. The van der Waals surface area contributed by atoms with Crippen molar-refractivity contribution in [2.45, 2.75) is 26.7 Å². The van der Waals surface area contributed by atoms with Gasteiger partial charge in [-0.25, -0.2) is 14.5 Å². The number of esters is 1. The Morgan fingerprint density at radius 3 is 2.59 bits per heavy atom. The van der Waals surface area contributed by atoms with E-state index in [0.29, 0.717) is 24.6 Å². The molecule has 0 spiro atoms. The first-order valence-corrected chi connectivity index (χ1v) is 10.6. The molecule has 1 amide bonds. The molecule has 4 rings (SSSR count). The summed E-state index contributed by atoms with van der Waals surface area (Å²) < 4.78 is 6.74. The average Bonchev–Trinajstić information content (AvgIpc) is 3.53. The Morgan fingerprint density at radius 2 is 1.91 bits per heavy atom. The highest BCUT2D eigenvalue weighted by Crippen LogP contribution is 2.19. The monoisotopic (exact) mass is 455 g/mol. The van der Waals surface area contributed by atoms with E-state index in [0.717, 1.165) is 24.2 Å². The van der Waals surface area contributed by atoms with Gasteiger partial charge in [-0.1, -0.05) is 11.6 Å². The number of halogens is 1. The van der Waals surface area contributed by atoms with Crippen LogP contribution < -0.4 is 0 Å². The topological polar surface area (TPSA) is 110 Å². The molecule has 0 radical (unpaired) electrons. The van der Waals surface area contributed by atoms with Crippen molar-refractivity contribution in [1.29, 1.82) is 0 Å². The molecular weight excluding hydrogens is 434 g/mol. The van der Waals surface area contributed by atoms with Crippen LogP contribution in [0.1, 0.15) is 55.6 Å². The van der Waals surface area contributed by atoms with Crippen LogP contribution in [0, 0.1) is 13.8 Å². The van der Waals surface area contributed by atoms with Crippen LogP contribution in [0.3, 0.4) is 0 Å². The zero-order valence-corrected chi connectivity index (χ0v) is 18.5. The molecule has 166 valence electrons. The molecule has 0 aromatic carbocycles. The van der Waals surface area contributed by atoms with Gasteiger partial charge in [0.1, 0.15) is 5.69 Å². The summed E-state index contributed by atoms with van der Waals surface area (Å²) in [6.45, 7) is 4.64. The lowest BCUT2D eigenvalue weighted by atomic mass is 10.2. The van der Waals surface area contributed by atoms with Gasteiger partial charge in [-0.05, 0) is 51.0 Å². The van der Waals surface area contributed by atoms with Crippen molar-refractivity contribution >= 4 is 29.3 Å². The van der Waals surface area contributed by atoms with Crippen molar-refractivity contribution in [3.8, 4) is 5.82 Å². The summed E-state index contributed by atoms with van der Waals surface area (Å²) in [5.74, 6) is -0.999. The number of hydrogen-bond donors (Lipinski definition) is 1. The number of likely N-dealkylation sites (tertiary alicyclic amines) is 1. The minimum absolute atomic E-state index is 0.105. The van der Waals surface area contributed by atoms with Crippen LogP contribution in [-0.4, -0.2) is 62.0 Å². The van der Waals surface area contributed by atoms with Crippen LogP contribution in [-0.2, 0) is 4.74 Å². The molecule has 9 nitrogen and oxygen atoms in total. The molecular formula is C22H22ClN5O4. The molecule has 1 fully saturated rings. The van der Waals surface area contributed by atoms with Crippen LogP contribution >= 0.6 is 11.6 Å². The van der Waals surface area contributed by atoms with Gasteiger partial charge in [0.05, 0.1) is 10.7 Å². The van der Waals surface area contributed by atoms with Crippen LogP contribution in [0.4, 0.5) is 0 Å². The Labute approximate surface area is 189 Å². The van der Waals surface area contributed by atoms with E-state index in [-0.39, 0.29) is 22.2 Å². The molecule has 1 N–H and O–H groups in total. The second kappa shape index (κ2) is 8.96. The zero-order chi connectivity index (χ0) is 22.8. The van der Waals surface area contributed by atoms with Crippen LogP contribution in [0.2, 0.25) is 5.02 Å². The smallest absolute Gasteiger partial charge is 0.359 e. The average molecular weight is 456 g/mol. The van der Waals surface area contributed by atoms with Crippen LogP contribution in [0.5, 0.6) is 0 Å². The van der Waals surface area contributed by atoms with Gasteiger partial charge < -0.3 is 14.6 Å². The lowest BCUT2D eigenvalue weighted by Crippen LogP contribution is -2.27. The molecule has 0 unspecified atom stereocenters. The molecule has 3 aromatic rings. The van der Waals surface area contributed by atoms with Crippen molar-refractivity contribution in [1.82, 2.24) is 24.6 Å². The summed E-state index contributed by atoms with van der Waals surface area (Å²) in [6, 6.07) is 6.53. The third-order valence-corrected chi connectivity index (χ3v) is 5.52. The minimum Gasteiger partial charge on any atom is -0.453 e. The highest BCUT2D eigenvalue weighted by atomic mass is 35.5. The van der Waals surface area contributed by atoms with Gasteiger partial charge in [0, 0.05) is 30.5 Å². The molecule has 0 aliphatic carbocycles. The third-order valence-electron chi connectivity index (χ3n) is 5.21. The first-order valence-electron chi connectivity index (χ1n) is 10.2. The standard InChI is InChI=1S/C22H22ClN5O4/c1-13-9-14(2)28(26-13)19-6-5-16(23)20(25-19)22(31)32-12-18(29)15-10-17(24-11-15)21(30)27-7-3-4-8-27/h5-6,9-11,24H,3-4,7-8,12H2,1-2H3. The fourth-order valence-electron chi connectivity index (χ4n) is 3.61. The van der Waals surface area contributed by atoms with E-state index in [1.54, 1.807) is 15.6 Å². The van der Waals surface area contributed by atoms with Crippen molar-refractivity contribution in [3.63, 3.8) is 0 Å². The number of aryl methyl sites for hydroxylation is 2. The van der Waals surface area contributed by atoms with Crippen LogP contribution in [0.25, 0.3) is 5.82 Å². The number of ether oxygens (including phenoxy) is 1. The highest BCUT2D eigenvalue weighted by Gasteiger charge is 2.23. The zero-order valence-electron chi connectivity index (χ0n) is 17.7. The van der Waals surface area contributed by atoms with E-state index < -0.39 is 18.4 Å². The number of aromatic nitrogens is 4. The number of nitrogens with one attached hydrogen (secondary N) is 1. The van der Waals surface area contributed by atoms with Gasteiger partial charge in [0.2, 0.25) is 5.78 Å². The Bertz CT molecular complexity index is 1190. The summed E-state index contributed by atoms with van der Waals surface area (Å²) in [7, 11) is 0. The number of Topliss-reactive ketones (excluding diaryl/α,β-unsaturated/α-hetero) is 1. The van der Waals surface area contributed by atoms with Gasteiger partial charge in [-0.3, -0.25) is 9.59 Å². The fraction of sp³-hybridized carbons (Fsp3) is 0.318. The number of rotatable bonds is 6. The fourth-order valence-corrected chi connectivity index (χ4v) is 3.79. The summed E-state index contributed by atoms with van der Waals surface area (Å²) in [4.78, 5) is 46.3. The Balaban J connectivity index is 1.42. The maximum Gasteiger partial charge on any atom is 0.359 e. The number of aromatic amines is 1. The lowest BCUT2D eigenvalue weighted by Gasteiger charge is -2.13. The van der Waals surface area contributed by atoms with E-state index in [2.05, 4.69) is 15.1 Å². The first kappa shape index (κ1) is 21.8. The maximum atomic E-state index is 12.5. The number of nitrogens with zero attached hydrogens (tertiary/aromatic N) is 4. The summed E-state index contributed by atoms with van der Waals surface area (Å²) in [5, 5.41) is 4.44. The second-order valence-electron chi connectivity index (χ2n) is 7.64. The largest absolute Gasteiger partial charge is 0.453 e. The van der Waals surface area contributed by atoms with Gasteiger partial charge in [0.25, 0.3) is 5.91 Å². The van der Waals surface area contributed by atoms with Gasteiger partial charge in [-0.15, -0.1) is 0 Å². The summed E-state index contributed by atoms with van der Waals surface area (Å²) >= 11 is 6.13. The Morgan fingerprint density at radius 1 is 1.16 bits per heavy atom. The predicted molar refractivity (Wildman–Crippen MR) is 116 cm³/mol. The van der Waals surface area contributed by atoms with Crippen molar-refractivity contribution < 1.29 is 19.1 Å². The van der Waals surface area contributed by atoms with E-state index in [1.165, 1.54) is 18.3 Å². The summed E-state index contributed by atoms with van der Waals surface area (Å²) in [6.07, 6.45) is 3.39. The molecule has 1 saturated heterocycles. The molecule has 0 atom stereocenters. The molecule has 0 bridgehead atoms. The second-order valence-corrected chi connectivity index (χ2v) is 8.05. The number of carbonyl (C=O) groups is 3. The number of carbonyl (C=O) groups excluding carboxylic acids is 3. The molecule has 1 aliphatic heterocycles. The molecule has 0 saturated carbocycles. The number of amides is 1. The van der Waals surface area contributed by atoms with Crippen molar-refractivity contribution in [2.24, 2.45) is 0 Å². The molecule has 3 aromatic heterocycles. The number of H-pyrrole nitrogens is 1. The van der Waals surface area contributed by atoms with Gasteiger partial charge in [0.15, 0.2) is 18.1 Å². The normalized spacial score (nSPS) is 13.4. The van der Waals surface area contributed by atoms with E-state index in [1.807, 2.05) is 19.9 Å². The predicted octanol–water partition coefficient (Wildman–Crippen LogP) is 3.14. The lowest BCUT2D eigenvalue weighted by molar-refractivity contribution is 0.0469. The number of hydrogen-bond acceptors (Lipinski definition) is 6.